The summed E-state index contributed by atoms with van der Waals surface area (Å²) in [5.74, 6) is 0.217. The molecule has 21 heavy (non-hydrogen) atoms. The van der Waals surface area contributed by atoms with Gasteiger partial charge in [-0.05, 0) is 31.4 Å². The molecule has 0 saturated carbocycles. The number of nitrogens with zero attached hydrogens (tertiary/aromatic N) is 1. The molecule has 6 nitrogen and oxygen atoms in total. The fraction of sp³-hybridized carbons (Fsp3) is 0.533. The first-order valence-corrected chi connectivity index (χ1v) is 7.16. The fourth-order valence-electron chi connectivity index (χ4n) is 2.18. The lowest BCUT2D eigenvalue weighted by atomic mass is 10.00. The van der Waals surface area contributed by atoms with Gasteiger partial charge in [0.05, 0.1) is 4.92 Å². The van der Waals surface area contributed by atoms with Crippen molar-refractivity contribution >= 4 is 17.3 Å². The summed E-state index contributed by atoms with van der Waals surface area (Å²) in [6, 6.07) is 4.61. The van der Waals surface area contributed by atoms with Gasteiger partial charge >= 0.3 is 0 Å². The zero-order valence-electron chi connectivity index (χ0n) is 13.0. The van der Waals surface area contributed by atoms with Gasteiger partial charge in [0.1, 0.15) is 5.69 Å². The van der Waals surface area contributed by atoms with Gasteiger partial charge in [-0.15, -0.1) is 0 Å². The molecule has 6 heteroatoms. The Balaban J connectivity index is 2.96. The van der Waals surface area contributed by atoms with E-state index in [0.29, 0.717) is 11.6 Å². The molecule has 0 aliphatic heterocycles. The third-order valence-electron chi connectivity index (χ3n) is 3.54. The zero-order valence-corrected chi connectivity index (χ0v) is 13.0. The number of anilines is 1. The van der Waals surface area contributed by atoms with Crippen LogP contribution in [0.15, 0.2) is 18.2 Å². The van der Waals surface area contributed by atoms with Crippen LogP contribution >= 0.6 is 0 Å². The maximum atomic E-state index is 11.6. The second-order valence-corrected chi connectivity index (χ2v) is 5.36. The largest absolute Gasteiger partial charge is 0.377 e. The lowest BCUT2D eigenvalue weighted by Gasteiger charge is -2.18. The maximum absolute atomic E-state index is 11.6. The van der Waals surface area contributed by atoms with E-state index >= 15 is 0 Å². The highest BCUT2D eigenvalue weighted by Gasteiger charge is 2.19. The molecule has 2 atom stereocenters. The number of carbonyl (C=O) groups is 1. The second-order valence-electron chi connectivity index (χ2n) is 5.36. The summed E-state index contributed by atoms with van der Waals surface area (Å²) in [7, 11) is 1.49. The number of carbonyl (C=O) groups excluding carboxylic acids is 1. The summed E-state index contributed by atoms with van der Waals surface area (Å²) in [4.78, 5) is 22.3. The van der Waals surface area contributed by atoms with E-state index in [-0.39, 0.29) is 23.2 Å². The molecular weight excluding hydrogens is 270 g/mol. The van der Waals surface area contributed by atoms with Gasteiger partial charge in [-0.3, -0.25) is 14.9 Å². The highest BCUT2D eigenvalue weighted by atomic mass is 16.6. The van der Waals surface area contributed by atoms with E-state index in [1.165, 1.54) is 13.1 Å². The van der Waals surface area contributed by atoms with Gasteiger partial charge in [0.25, 0.3) is 11.6 Å². The minimum absolute atomic E-state index is 0.0768. The minimum atomic E-state index is -0.468. The topological polar surface area (TPSA) is 84.3 Å². The molecule has 0 spiro atoms. The van der Waals surface area contributed by atoms with E-state index in [9.17, 15) is 14.9 Å². The van der Waals surface area contributed by atoms with E-state index in [1.54, 1.807) is 12.1 Å². The zero-order chi connectivity index (χ0) is 16.0. The summed E-state index contributed by atoms with van der Waals surface area (Å²) in [5.41, 5.74) is 0.653. The average molecular weight is 293 g/mol. The monoisotopic (exact) mass is 293 g/mol. The third-order valence-corrected chi connectivity index (χ3v) is 3.54. The highest BCUT2D eigenvalue weighted by molar-refractivity contribution is 5.95. The molecule has 0 aromatic heterocycles. The Hall–Kier alpha value is -2.11. The highest BCUT2D eigenvalue weighted by Crippen LogP contribution is 2.27. The molecule has 1 aromatic carbocycles. The Labute approximate surface area is 125 Å². The molecule has 1 rings (SSSR count). The molecule has 0 fully saturated rings. The smallest absolute Gasteiger partial charge is 0.293 e. The van der Waals surface area contributed by atoms with Crippen LogP contribution in [-0.4, -0.2) is 23.9 Å². The van der Waals surface area contributed by atoms with Crippen LogP contribution in [0.2, 0.25) is 0 Å². The van der Waals surface area contributed by atoms with Crippen molar-refractivity contribution in [3.8, 4) is 0 Å². The van der Waals surface area contributed by atoms with E-state index in [0.717, 1.165) is 12.8 Å². The maximum Gasteiger partial charge on any atom is 0.293 e. The van der Waals surface area contributed by atoms with Crippen molar-refractivity contribution in [2.75, 3.05) is 12.4 Å². The molecule has 1 amide bonds. The Kier molecular flexibility index (Phi) is 6.14. The van der Waals surface area contributed by atoms with Gasteiger partial charge in [-0.2, -0.15) is 0 Å². The van der Waals surface area contributed by atoms with E-state index in [4.69, 9.17) is 0 Å². The second kappa shape index (κ2) is 7.61. The predicted molar refractivity (Wildman–Crippen MR) is 83.6 cm³/mol. The summed E-state index contributed by atoms with van der Waals surface area (Å²) >= 11 is 0. The number of nitro groups is 1. The van der Waals surface area contributed by atoms with Crippen molar-refractivity contribution in [1.29, 1.82) is 0 Å². The molecule has 1 aromatic rings. The van der Waals surface area contributed by atoms with Crippen molar-refractivity contribution in [1.82, 2.24) is 5.32 Å². The van der Waals surface area contributed by atoms with Gasteiger partial charge in [-0.25, -0.2) is 0 Å². The summed E-state index contributed by atoms with van der Waals surface area (Å²) in [6.45, 7) is 6.28. The van der Waals surface area contributed by atoms with Crippen LogP contribution in [0.5, 0.6) is 0 Å². The van der Waals surface area contributed by atoms with Crippen molar-refractivity contribution in [2.45, 2.75) is 39.7 Å². The number of hydrogen-bond acceptors (Lipinski definition) is 4. The molecule has 0 aliphatic carbocycles. The quantitative estimate of drug-likeness (QED) is 0.597. The van der Waals surface area contributed by atoms with Crippen molar-refractivity contribution in [2.24, 2.45) is 5.92 Å². The molecule has 2 N–H and O–H groups in total. The van der Waals surface area contributed by atoms with Crippen LogP contribution in [0.3, 0.4) is 0 Å². The van der Waals surface area contributed by atoms with Gasteiger partial charge in [0.15, 0.2) is 0 Å². The molecule has 0 heterocycles. The molecule has 0 aliphatic rings. The Bertz CT molecular complexity index is 517. The van der Waals surface area contributed by atoms with Crippen molar-refractivity contribution in [3.05, 3.63) is 33.9 Å². The number of hydrogen-bond donors (Lipinski definition) is 2. The fourth-order valence-corrected chi connectivity index (χ4v) is 2.18. The first kappa shape index (κ1) is 16.9. The van der Waals surface area contributed by atoms with Crippen LogP contribution in [-0.2, 0) is 0 Å². The van der Waals surface area contributed by atoms with Crippen LogP contribution in [0, 0.1) is 16.0 Å². The first-order valence-electron chi connectivity index (χ1n) is 7.16. The molecule has 0 radical (unpaired) electrons. The van der Waals surface area contributed by atoms with Gasteiger partial charge in [0, 0.05) is 24.7 Å². The molecule has 0 bridgehead atoms. The lowest BCUT2D eigenvalue weighted by molar-refractivity contribution is -0.384. The standard InChI is InChI=1S/C15H23N3O3/c1-5-10(2)8-11(3)17-13-7-6-12(15(19)16-4)9-14(13)18(20)21/h6-7,9-11,17H,5,8H2,1-4H3,(H,16,19). The van der Waals surface area contributed by atoms with E-state index < -0.39 is 4.92 Å². The summed E-state index contributed by atoms with van der Waals surface area (Å²) < 4.78 is 0. The normalized spacial score (nSPS) is 13.3. The number of benzene rings is 1. The molecule has 2 unspecified atom stereocenters. The first-order chi connectivity index (χ1) is 9.88. The van der Waals surface area contributed by atoms with Crippen LogP contribution in [0.4, 0.5) is 11.4 Å². The average Bonchev–Trinajstić information content (AvgIpc) is 2.46. The minimum Gasteiger partial charge on any atom is -0.377 e. The molecule has 0 saturated heterocycles. The van der Waals surface area contributed by atoms with E-state index in [1.807, 2.05) is 6.92 Å². The molecular formula is C15H23N3O3. The van der Waals surface area contributed by atoms with Crippen LogP contribution < -0.4 is 10.6 Å². The summed E-state index contributed by atoms with van der Waals surface area (Å²) in [5, 5.41) is 16.8. The SMILES string of the molecule is CCC(C)CC(C)Nc1ccc(C(=O)NC)cc1[N+](=O)[O-]. The van der Waals surface area contributed by atoms with Crippen molar-refractivity contribution in [3.63, 3.8) is 0 Å². The number of nitro benzene ring substituents is 1. The van der Waals surface area contributed by atoms with Crippen molar-refractivity contribution < 1.29 is 9.72 Å². The lowest BCUT2D eigenvalue weighted by Crippen LogP contribution is -2.20. The van der Waals surface area contributed by atoms with Crippen LogP contribution in [0.25, 0.3) is 0 Å². The van der Waals surface area contributed by atoms with Gasteiger partial charge < -0.3 is 10.6 Å². The molecule has 116 valence electrons. The Morgan fingerprint density at radius 1 is 1.38 bits per heavy atom. The Morgan fingerprint density at radius 2 is 2.05 bits per heavy atom. The number of nitrogens with one attached hydrogen (secondary N) is 2. The third kappa shape index (κ3) is 4.73. The van der Waals surface area contributed by atoms with Crippen LogP contribution in [0.1, 0.15) is 44.0 Å². The predicted octanol–water partition coefficient (Wildman–Crippen LogP) is 3.19. The van der Waals surface area contributed by atoms with Gasteiger partial charge in [0.2, 0.25) is 0 Å². The van der Waals surface area contributed by atoms with Gasteiger partial charge in [-0.1, -0.05) is 20.3 Å². The van der Waals surface area contributed by atoms with E-state index in [2.05, 4.69) is 24.5 Å². The summed E-state index contributed by atoms with van der Waals surface area (Å²) in [6.07, 6.45) is 2.01. The number of amides is 1. The Morgan fingerprint density at radius 3 is 2.57 bits per heavy atom. The number of rotatable bonds is 7.